The Kier molecular flexibility index (Phi) is 4.03. The first-order chi connectivity index (χ1) is 10.1. The highest BCUT2D eigenvalue weighted by Gasteiger charge is 2.25. The van der Waals surface area contributed by atoms with E-state index in [2.05, 4.69) is 27.8 Å². The molecule has 2 aromatic rings. The molecule has 5 heteroatoms. The summed E-state index contributed by atoms with van der Waals surface area (Å²) in [5.41, 5.74) is 3.54. The van der Waals surface area contributed by atoms with Crippen LogP contribution in [0, 0.1) is 6.92 Å². The molecule has 1 aromatic carbocycles. The summed E-state index contributed by atoms with van der Waals surface area (Å²) in [4.78, 5) is 16.8. The van der Waals surface area contributed by atoms with Crippen molar-refractivity contribution in [2.75, 3.05) is 0 Å². The first-order valence-electron chi connectivity index (χ1n) is 7.16. The van der Waals surface area contributed by atoms with Crippen LogP contribution in [0.15, 0.2) is 29.6 Å². The third kappa shape index (κ3) is 3.14. The van der Waals surface area contributed by atoms with Crippen molar-refractivity contribution < 1.29 is 4.79 Å². The SMILES string of the molecule is Cc1csc(C(C)NC(=O)[C@H]2Cc3ccccc3CN2)n1. The van der Waals surface area contributed by atoms with Gasteiger partial charge in [-0.1, -0.05) is 24.3 Å². The van der Waals surface area contributed by atoms with Crippen molar-refractivity contribution in [3.05, 3.63) is 51.5 Å². The molecule has 2 N–H and O–H groups in total. The van der Waals surface area contributed by atoms with Gasteiger partial charge in [-0.2, -0.15) is 0 Å². The van der Waals surface area contributed by atoms with Gasteiger partial charge in [0, 0.05) is 17.6 Å². The maximum Gasteiger partial charge on any atom is 0.238 e. The fourth-order valence-electron chi connectivity index (χ4n) is 2.59. The molecule has 1 amide bonds. The molecule has 2 heterocycles. The van der Waals surface area contributed by atoms with E-state index < -0.39 is 0 Å². The number of benzene rings is 1. The number of aromatic nitrogens is 1. The smallest absolute Gasteiger partial charge is 0.238 e. The molecule has 110 valence electrons. The van der Waals surface area contributed by atoms with Gasteiger partial charge in [0.25, 0.3) is 0 Å². The number of hydrogen-bond donors (Lipinski definition) is 2. The van der Waals surface area contributed by atoms with E-state index in [1.807, 2.05) is 31.4 Å². The Morgan fingerprint density at radius 1 is 1.43 bits per heavy atom. The highest BCUT2D eigenvalue weighted by Crippen LogP contribution is 2.19. The van der Waals surface area contributed by atoms with Crippen molar-refractivity contribution in [1.82, 2.24) is 15.6 Å². The van der Waals surface area contributed by atoms with Crippen LogP contribution in [0.25, 0.3) is 0 Å². The lowest BCUT2D eigenvalue weighted by atomic mass is 9.95. The normalized spacial score (nSPS) is 18.9. The van der Waals surface area contributed by atoms with Gasteiger partial charge < -0.3 is 10.6 Å². The van der Waals surface area contributed by atoms with E-state index in [0.29, 0.717) is 0 Å². The Labute approximate surface area is 128 Å². The topological polar surface area (TPSA) is 54.0 Å². The summed E-state index contributed by atoms with van der Waals surface area (Å²) in [6.07, 6.45) is 0.742. The van der Waals surface area contributed by atoms with Gasteiger partial charge in [-0.05, 0) is 31.4 Å². The number of aryl methyl sites for hydroxylation is 1. The van der Waals surface area contributed by atoms with E-state index in [-0.39, 0.29) is 18.0 Å². The number of thiazole rings is 1. The lowest BCUT2D eigenvalue weighted by molar-refractivity contribution is -0.124. The van der Waals surface area contributed by atoms with E-state index in [1.54, 1.807) is 11.3 Å². The van der Waals surface area contributed by atoms with Crippen LogP contribution >= 0.6 is 11.3 Å². The minimum Gasteiger partial charge on any atom is -0.346 e. The molecule has 4 nitrogen and oxygen atoms in total. The number of carbonyl (C=O) groups excluding carboxylic acids is 1. The zero-order valence-electron chi connectivity index (χ0n) is 12.2. The molecular weight excluding hydrogens is 282 g/mol. The van der Waals surface area contributed by atoms with Gasteiger partial charge in [-0.25, -0.2) is 4.98 Å². The van der Waals surface area contributed by atoms with E-state index in [1.165, 1.54) is 11.1 Å². The second-order valence-corrected chi connectivity index (χ2v) is 6.35. The van der Waals surface area contributed by atoms with Crippen molar-refractivity contribution in [2.24, 2.45) is 0 Å². The molecule has 3 rings (SSSR count). The van der Waals surface area contributed by atoms with Gasteiger partial charge >= 0.3 is 0 Å². The maximum absolute atomic E-state index is 12.4. The summed E-state index contributed by atoms with van der Waals surface area (Å²) in [7, 11) is 0. The van der Waals surface area contributed by atoms with Crippen molar-refractivity contribution in [1.29, 1.82) is 0 Å². The second-order valence-electron chi connectivity index (χ2n) is 5.46. The first-order valence-corrected chi connectivity index (χ1v) is 8.04. The fourth-order valence-corrected chi connectivity index (χ4v) is 3.39. The monoisotopic (exact) mass is 301 g/mol. The molecule has 1 aliphatic rings. The van der Waals surface area contributed by atoms with E-state index in [4.69, 9.17) is 0 Å². The van der Waals surface area contributed by atoms with Gasteiger partial charge in [0.2, 0.25) is 5.91 Å². The highest BCUT2D eigenvalue weighted by atomic mass is 32.1. The van der Waals surface area contributed by atoms with Crippen LogP contribution in [-0.2, 0) is 17.8 Å². The van der Waals surface area contributed by atoms with Gasteiger partial charge in [0.15, 0.2) is 0 Å². The summed E-state index contributed by atoms with van der Waals surface area (Å²) < 4.78 is 0. The van der Waals surface area contributed by atoms with Gasteiger partial charge in [-0.3, -0.25) is 4.79 Å². The van der Waals surface area contributed by atoms with E-state index >= 15 is 0 Å². The standard InChI is InChI=1S/C16H19N3OS/c1-10-9-21-16(18-10)11(2)19-15(20)14-7-12-5-3-4-6-13(12)8-17-14/h3-6,9,11,14,17H,7-8H2,1-2H3,(H,19,20)/t11?,14-/m1/s1. The minimum absolute atomic E-state index is 0.0461. The molecular formula is C16H19N3OS. The van der Waals surface area contributed by atoms with Crippen molar-refractivity contribution >= 4 is 17.2 Å². The van der Waals surface area contributed by atoms with Crippen LogP contribution < -0.4 is 10.6 Å². The third-order valence-corrected chi connectivity index (χ3v) is 4.91. The Morgan fingerprint density at radius 3 is 2.90 bits per heavy atom. The van der Waals surface area contributed by atoms with Crippen LogP contribution in [0.3, 0.4) is 0 Å². The Hall–Kier alpha value is -1.72. The number of nitrogens with one attached hydrogen (secondary N) is 2. The summed E-state index contributed by atoms with van der Waals surface area (Å²) in [5.74, 6) is 0.0462. The number of carbonyl (C=O) groups is 1. The molecule has 0 bridgehead atoms. The van der Waals surface area contributed by atoms with Crippen LogP contribution in [0.2, 0.25) is 0 Å². The zero-order valence-corrected chi connectivity index (χ0v) is 13.0. The fraction of sp³-hybridized carbons (Fsp3) is 0.375. The zero-order chi connectivity index (χ0) is 14.8. The molecule has 0 spiro atoms. The average molecular weight is 301 g/mol. The quantitative estimate of drug-likeness (QED) is 0.915. The molecule has 0 radical (unpaired) electrons. The van der Waals surface area contributed by atoms with Gasteiger partial charge in [0.05, 0.1) is 12.1 Å². The van der Waals surface area contributed by atoms with Crippen LogP contribution in [0.5, 0.6) is 0 Å². The molecule has 0 saturated heterocycles. The minimum atomic E-state index is -0.164. The maximum atomic E-state index is 12.4. The largest absolute Gasteiger partial charge is 0.346 e. The molecule has 0 fully saturated rings. The Morgan fingerprint density at radius 2 is 2.19 bits per heavy atom. The summed E-state index contributed by atoms with van der Waals surface area (Å²) in [6.45, 7) is 4.69. The molecule has 0 aliphatic carbocycles. The second kappa shape index (κ2) is 5.95. The molecule has 2 atom stereocenters. The van der Waals surface area contributed by atoms with E-state index in [0.717, 1.165) is 23.7 Å². The molecule has 0 saturated carbocycles. The highest BCUT2D eigenvalue weighted by molar-refractivity contribution is 7.09. The van der Waals surface area contributed by atoms with Crippen molar-refractivity contribution in [2.45, 2.75) is 38.9 Å². The summed E-state index contributed by atoms with van der Waals surface area (Å²) in [5, 5.41) is 9.33. The van der Waals surface area contributed by atoms with Gasteiger partial charge in [0.1, 0.15) is 5.01 Å². The predicted molar refractivity (Wildman–Crippen MR) is 84.2 cm³/mol. The Bertz CT molecular complexity index is 652. The number of hydrogen-bond acceptors (Lipinski definition) is 4. The van der Waals surface area contributed by atoms with Gasteiger partial charge in [-0.15, -0.1) is 11.3 Å². The molecule has 1 aliphatic heterocycles. The number of amides is 1. The van der Waals surface area contributed by atoms with E-state index in [9.17, 15) is 4.79 Å². The first kappa shape index (κ1) is 14.2. The van der Waals surface area contributed by atoms with Crippen molar-refractivity contribution in [3.8, 4) is 0 Å². The lowest BCUT2D eigenvalue weighted by Crippen LogP contribution is -2.48. The molecule has 21 heavy (non-hydrogen) atoms. The average Bonchev–Trinajstić information content (AvgIpc) is 2.93. The summed E-state index contributed by atoms with van der Waals surface area (Å²) >= 11 is 1.59. The molecule has 1 aromatic heterocycles. The number of fused-ring (bicyclic) bond motifs is 1. The number of nitrogens with zero attached hydrogens (tertiary/aromatic N) is 1. The summed E-state index contributed by atoms with van der Waals surface area (Å²) in [6, 6.07) is 8.06. The van der Waals surface area contributed by atoms with Crippen LogP contribution in [0.1, 0.15) is 34.8 Å². The van der Waals surface area contributed by atoms with Crippen molar-refractivity contribution in [3.63, 3.8) is 0 Å². The van der Waals surface area contributed by atoms with Crippen LogP contribution in [0.4, 0.5) is 0 Å². The predicted octanol–water partition coefficient (Wildman–Crippen LogP) is 2.34. The Balaban J connectivity index is 1.64. The third-order valence-electron chi connectivity index (χ3n) is 3.76. The van der Waals surface area contributed by atoms with Crippen LogP contribution in [-0.4, -0.2) is 16.9 Å². The lowest BCUT2D eigenvalue weighted by Gasteiger charge is -2.26. The molecule has 1 unspecified atom stereocenters. The number of rotatable bonds is 3.